The van der Waals surface area contributed by atoms with Crippen LogP contribution in [0.2, 0.25) is 0 Å². The van der Waals surface area contributed by atoms with Crippen molar-refractivity contribution in [1.29, 1.82) is 0 Å². The highest BCUT2D eigenvalue weighted by molar-refractivity contribution is 5.77. The predicted octanol–water partition coefficient (Wildman–Crippen LogP) is 3.42. The minimum absolute atomic E-state index is 0.184. The van der Waals surface area contributed by atoms with Gasteiger partial charge in [0.15, 0.2) is 0 Å². The van der Waals surface area contributed by atoms with Crippen LogP contribution >= 0.6 is 0 Å². The summed E-state index contributed by atoms with van der Waals surface area (Å²) in [5.41, 5.74) is 3.72. The molecule has 4 rings (SSSR count). The second-order valence-corrected chi connectivity index (χ2v) is 8.11. The van der Waals surface area contributed by atoms with Gasteiger partial charge in [0.05, 0.1) is 30.4 Å². The molecule has 3 aromatic rings. The van der Waals surface area contributed by atoms with E-state index in [-0.39, 0.29) is 12.6 Å². The summed E-state index contributed by atoms with van der Waals surface area (Å²) in [6.45, 7) is 6.03. The third-order valence-electron chi connectivity index (χ3n) is 5.59. The van der Waals surface area contributed by atoms with Crippen LogP contribution in [0.5, 0.6) is 0 Å². The first-order chi connectivity index (χ1) is 14.9. The van der Waals surface area contributed by atoms with Crippen LogP contribution in [0.4, 0.5) is 16.4 Å². The Kier molecular flexibility index (Phi) is 5.56. The molecule has 0 saturated heterocycles. The number of fused-ring (bicyclic) bond motifs is 1. The van der Waals surface area contributed by atoms with Crippen molar-refractivity contribution in [2.24, 2.45) is 0 Å². The van der Waals surface area contributed by atoms with E-state index in [1.807, 2.05) is 63.2 Å². The summed E-state index contributed by atoms with van der Waals surface area (Å²) in [5.74, 6) is 0.472. The molecule has 8 heteroatoms. The van der Waals surface area contributed by atoms with E-state index in [9.17, 15) is 9.90 Å². The highest BCUT2D eigenvalue weighted by Crippen LogP contribution is 2.38. The van der Waals surface area contributed by atoms with Crippen molar-refractivity contribution in [3.05, 3.63) is 77.4 Å². The zero-order chi connectivity index (χ0) is 22.0. The molecule has 160 valence electrons. The molecule has 3 N–H and O–H groups in total. The summed E-state index contributed by atoms with van der Waals surface area (Å²) in [6.07, 6.45) is 3.50. The summed E-state index contributed by atoms with van der Waals surface area (Å²) < 4.78 is 0. The van der Waals surface area contributed by atoms with E-state index >= 15 is 0 Å². The van der Waals surface area contributed by atoms with Crippen LogP contribution in [0.15, 0.2) is 54.9 Å². The van der Waals surface area contributed by atoms with Crippen LogP contribution in [0, 0.1) is 6.92 Å². The first-order valence-electron chi connectivity index (χ1n) is 10.2. The molecule has 8 nitrogen and oxygen atoms in total. The molecule has 1 aliphatic heterocycles. The van der Waals surface area contributed by atoms with Crippen LogP contribution in [-0.4, -0.2) is 37.6 Å². The maximum Gasteiger partial charge on any atom is 0.319 e. The van der Waals surface area contributed by atoms with Crippen LogP contribution in [0.1, 0.15) is 42.4 Å². The number of hydrogen-bond acceptors (Lipinski definition) is 6. The number of rotatable bonds is 5. The van der Waals surface area contributed by atoms with Crippen LogP contribution in [0.3, 0.4) is 0 Å². The number of aliphatic hydroxyl groups excluding tert-OH is 1. The van der Waals surface area contributed by atoms with E-state index in [0.717, 1.165) is 28.2 Å². The normalized spacial score (nSPS) is 15.3. The van der Waals surface area contributed by atoms with Gasteiger partial charge >= 0.3 is 6.03 Å². The van der Waals surface area contributed by atoms with Crippen LogP contribution < -0.4 is 10.6 Å². The minimum Gasteiger partial charge on any atom is -0.394 e. The zero-order valence-corrected chi connectivity index (χ0v) is 17.8. The summed E-state index contributed by atoms with van der Waals surface area (Å²) in [5, 5.41) is 15.9. The molecule has 0 fully saturated rings. The predicted molar refractivity (Wildman–Crippen MR) is 118 cm³/mol. The third kappa shape index (κ3) is 4.20. The van der Waals surface area contributed by atoms with Gasteiger partial charge in [-0.25, -0.2) is 14.8 Å². The molecule has 0 saturated carbocycles. The Labute approximate surface area is 181 Å². The maximum absolute atomic E-state index is 13.1. The number of carbonyl (C=O) groups excluding carboxylic acids is 1. The molecular formula is C23H26N6O2. The number of carbonyl (C=O) groups is 1. The summed E-state index contributed by atoms with van der Waals surface area (Å²) >= 11 is 0. The molecule has 1 aromatic carbocycles. The number of aromatic nitrogens is 3. The lowest BCUT2D eigenvalue weighted by Gasteiger charge is -2.33. The van der Waals surface area contributed by atoms with Crippen molar-refractivity contribution in [3.8, 4) is 0 Å². The number of pyridine rings is 1. The van der Waals surface area contributed by atoms with Gasteiger partial charge in [-0.05, 0) is 38.5 Å². The number of hydrogen-bond donors (Lipinski definition) is 3. The van der Waals surface area contributed by atoms with Gasteiger partial charge in [0.25, 0.3) is 0 Å². The standard InChI is InChI=1S/C23H26N6O2/c1-15-11-17(9-10-24-15)26-21-25-12-18-19(27-21)13-29(23(18,2)3)22(31)28-20(14-30)16-7-5-4-6-8-16/h4-12,20,30H,13-14H2,1-3H3,(H,28,31)(H,24,25,26,27). The molecule has 0 bridgehead atoms. The summed E-state index contributed by atoms with van der Waals surface area (Å²) in [7, 11) is 0. The molecule has 0 spiro atoms. The number of nitrogens with zero attached hydrogens (tertiary/aromatic N) is 4. The van der Waals surface area contributed by atoms with Gasteiger partial charge in [0.1, 0.15) is 0 Å². The minimum atomic E-state index is -0.581. The Bertz CT molecular complexity index is 1090. The number of nitrogens with one attached hydrogen (secondary N) is 2. The lowest BCUT2D eigenvalue weighted by atomic mass is 9.97. The van der Waals surface area contributed by atoms with Gasteiger partial charge in [-0.2, -0.15) is 0 Å². The molecule has 0 aliphatic carbocycles. The fraction of sp³-hybridized carbons (Fsp3) is 0.304. The van der Waals surface area contributed by atoms with E-state index in [1.165, 1.54) is 0 Å². The van der Waals surface area contributed by atoms with Crippen molar-refractivity contribution >= 4 is 17.7 Å². The first kappa shape index (κ1) is 20.7. The molecule has 2 amide bonds. The third-order valence-corrected chi connectivity index (χ3v) is 5.59. The molecular weight excluding hydrogens is 392 g/mol. The van der Waals surface area contributed by atoms with E-state index in [2.05, 4.69) is 25.6 Å². The number of anilines is 2. The van der Waals surface area contributed by atoms with Crippen molar-refractivity contribution < 1.29 is 9.90 Å². The molecule has 1 aliphatic rings. The fourth-order valence-corrected chi connectivity index (χ4v) is 3.83. The largest absolute Gasteiger partial charge is 0.394 e. The molecule has 2 aromatic heterocycles. The second-order valence-electron chi connectivity index (χ2n) is 8.11. The Morgan fingerprint density at radius 2 is 2.00 bits per heavy atom. The van der Waals surface area contributed by atoms with Gasteiger partial charge in [-0.3, -0.25) is 4.98 Å². The van der Waals surface area contributed by atoms with E-state index in [1.54, 1.807) is 17.3 Å². The van der Waals surface area contributed by atoms with E-state index in [0.29, 0.717) is 12.5 Å². The SMILES string of the molecule is Cc1cc(Nc2ncc3c(n2)CN(C(=O)NC(CO)c2ccccc2)C3(C)C)ccn1. The lowest BCUT2D eigenvalue weighted by molar-refractivity contribution is 0.136. The molecule has 1 unspecified atom stereocenters. The van der Waals surface area contributed by atoms with Crippen LogP contribution in [-0.2, 0) is 12.1 Å². The number of aliphatic hydroxyl groups is 1. The monoisotopic (exact) mass is 418 g/mol. The number of amides is 2. The molecule has 1 atom stereocenters. The average Bonchev–Trinajstić information content (AvgIpc) is 3.02. The van der Waals surface area contributed by atoms with Gasteiger partial charge in [-0.15, -0.1) is 0 Å². The van der Waals surface area contributed by atoms with E-state index < -0.39 is 11.6 Å². The number of aryl methyl sites for hydroxylation is 1. The van der Waals surface area contributed by atoms with Gasteiger partial charge < -0.3 is 20.6 Å². The molecule has 0 radical (unpaired) electrons. The van der Waals surface area contributed by atoms with Crippen molar-refractivity contribution in [3.63, 3.8) is 0 Å². The van der Waals surface area contributed by atoms with Gasteiger partial charge in [0, 0.05) is 29.3 Å². The highest BCUT2D eigenvalue weighted by atomic mass is 16.3. The van der Waals surface area contributed by atoms with Gasteiger partial charge in [0.2, 0.25) is 5.95 Å². The Morgan fingerprint density at radius 3 is 2.71 bits per heavy atom. The van der Waals surface area contributed by atoms with Crippen molar-refractivity contribution in [2.45, 2.75) is 38.9 Å². The zero-order valence-electron chi connectivity index (χ0n) is 17.8. The van der Waals surface area contributed by atoms with Crippen molar-refractivity contribution in [2.75, 3.05) is 11.9 Å². The molecule has 31 heavy (non-hydrogen) atoms. The first-order valence-corrected chi connectivity index (χ1v) is 10.2. The van der Waals surface area contributed by atoms with Crippen LogP contribution in [0.25, 0.3) is 0 Å². The average molecular weight is 419 g/mol. The van der Waals surface area contributed by atoms with Gasteiger partial charge in [-0.1, -0.05) is 30.3 Å². The lowest BCUT2D eigenvalue weighted by Crippen LogP contribution is -2.47. The number of urea groups is 1. The quantitative estimate of drug-likeness (QED) is 0.587. The number of benzene rings is 1. The summed E-state index contributed by atoms with van der Waals surface area (Å²) in [6, 6.07) is 12.5. The maximum atomic E-state index is 13.1. The molecule has 3 heterocycles. The second kappa shape index (κ2) is 8.31. The van der Waals surface area contributed by atoms with E-state index in [4.69, 9.17) is 0 Å². The van der Waals surface area contributed by atoms with Crippen molar-refractivity contribution in [1.82, 2.24) is 25.2 Å². The Hall–Kier alpha value is -3.52. The Morgan fingerprint density at radius 1 is 1.23 bits per heavy atom. The topological polar surface area (TPSA) is 103 Å². The highest BCUT2D eigenvalue weighted by Gasteiger charge is 2.42. The fourth-order valence-electron chi connectivity index (χ4n) is 3.83. The summed E-state index contributed by atoms with van der Waals surface area (Å²) in [4.78, 5) is 28.1. The Balaban J connectivity index is 1.52. The smallest absolute Gasteiger partial charge is 0.319 e.